The highest BCUT2D eigenvalue weighted by Crippen LogP contribution is 2.25. The molecule has 0 spiro atoms. The molecule has 1 amide bonds. The van der Waals surface area contributed by atoms with Gasteiger partial charge in [-0.1, -0.05) is 68.4 Å². The minimum Gasteiger partial charge on any atom is -0.456 e. The van der Waals surface area contributed by atoms with Crippen molar-refractivity contribution in [3.05, 3.63) is 71.1 Å². The lowest BCUT2D eigenvalue weighted by molar-refractivity contribution is -0.147. The van der Waals surface area contributed by atoms with Gasteiger partial charge >= 0.3 is 5.97 Å². The molecule has 3 rings (SSSR count). The van der Waals surface area contributed by atoms with Crippen LogP contribution in [0.25, 0.3) is 11.3 Å². The first-order valence-corrected chi connectivity index (χ1v) is 10.5. The largest absolute Gasteiger partial charge is 0.456 e. The molecule has 0 bridgehead atoms. The summed E-state index contributed by atoms with van der Waals surface area (Å²) in [6.45, 7) is 3.75. The molecule has 0 aliphatic carbocycles. The number of thiazole rings is 1. The highest BCUT2D eigenvalue weighted by Gasteiger charge is 2.14. The number of nitrogens with one attached hydrogen (secondary N) is 1. The van der Waals surface area contributed by atoms with Crippen molar-refractivity contribution in [3.63, 3.8) is 0 Å². The second kappa shape index (κ2) is 9.98. The van der Waals surface area contributed by atoms with Crippen molar-refractivity contribution in [2.45, 2.75) is 32.6 Å². The number of nitrogens with zero attached hydrogens (tertiary/aromatic N) is 1. The fourth-order valence-corrected chi connectivity index (χ4v) is 3.62. The van der Waals surface area contributed by atoms with E-state index in [1.54, 1.807) is 0 Å². The summed E-state index contributed by atoms with van der Waals surface area (Å²) in [5.41, 5.74) is 4.14. The summed E-state index contributed by atoms with van der Waals surface area (Å²) in [7, 11) is 0. The number of hydrogen-bond donors (Lipinski definition) is 1. The minimum atomic E-state index is -0.396. The van der Waals surface area contributed by atoms with Crippen LogP contribution in [-0.2, 0) is 20.7 Å². The second-order valence-electron chi connectivity index (χ2n) is 6.81. The maximum absolute atomic E-state index is 12.1. The number of ether oxygens (including phenoxy) is 1. The Balaban J connectivity index is 1.47. The van der Waals surface area contributed by atoms with Crippen LogP contribution in [-0.4, -0.2) is 23.5 Å². The van der Waals surface area contributed by atoms with Gasteiger partial charge in [0, 0.05) is 10.9 Å². The van der Waals surface area contributed by atoms with E-state index in [9.17, 15) is 9.59 Å². The zero-order valence-electron chi connectivity index (χ0n) is 16.6. The third-order valence-corrected chi connectivity index (χ3v) is 5.37. The molecule has 0 saturated carbocycles. The van der Waals surface area contributed by atoms with Gasteiger partial charge in [0.05, 0.1) is 12.1 Å². The van der Waals surface area contributed by atoms with Crippen molar-refractivity contribution < 1.29 is 14.3 Å². The average Bonchev–Trinajstić information content (AvgIpc) is 3.21. The molecule has 0 radical (unpaired) electrons. The number of anilines is 1. The van der Waals surface area contributed by atoms with E-state index >= 15 is 0 Å². The topological polar surface area (TPSA) is 68.3 Å². The van der Waals surface area contributed by atoms with Gasteiger partial charge in [0.25, 0.3) is 5.91 Å². The molecule has 1 atom stereocenters. The molecule has 1 N–H and O–H groups in total. The van der Waals surface area contributed by atoms with E-state index in [2.05, 4.69) is 29.4 Å². The van der Waals surface area contributed by atoms with Crippen molar-refractivity contribution in [2.24, 2.45) is 0 Å². The Morgan fingerprint density at radius 3 is 2.52 bits per heavy atom. The summed E-state index contributed by atoms with van der Waals surface area (Å²) in [6.07, 6.45) is 1.22. The molecule has 2 aromatic carbocycles. The van der Waals surface area contributed by atoms with Gasteiger partial charge in [-0.3, -0.25) is 14.9 Å². The fourth-order valence-electron chi connectivity index (χ4n) is 2.88. The molecule has 0 aliphatic rings. The third-order valence-electron chi connectivity index (χ3n) is 4.61. The van der Waals surface area contributed by atoms with Gasteiger partial charge in [-0.2, -0.15) is 0 Å². The Morgan fingerprint density at radius 1 is 1.10 bits per heavy atom. The van der Waals surface area contributed by atoms with Crippen LogP contribution >= 0.6 is 11.3 Å². The quantitative estimate of drug-likeness (QED) is 0.530. The van der Waals surface area contributed by atoms with Crippen LogP contribution in [0.4, 0.5) is 5.13 Å². The predicted molar refractivity (Wildman–Crippen MR) is 116 cm³/mol. The molecule has 3 aromatic rings. The van der Waals surface area contributed by atoms with Crippen LogP contribution in [0.5, 0.6) is 0 Å². The Labute approximate surface area is 174 Å². The van der Waals surface area contributed by atoms with Gasteiger partial charge < -0.3 is 4.74 Å². The van der Waals surface area contributed by atoms with Crippen molar-refractivity contribution in [1.82, 2.24) is 4.98 Å². The Hall–Kier alpha value is -2.99. The number of amides is 1. The molecular weight excluding hydrogens is 384 g/mol. The number of benzene rings is 2. The fraction of sp³-hybridized carbons (Fsp3) is 0.261. The van der Waals surface area contributed by atoms with E-state index in [4.69, 9.17) is 4.74 Å². The van der Waals surface area contributed by atoms with Crippen LogP contribution in [0.1, 0.15) is 37.3 Å². The van der Waals surface area contributed by atoms with Gasteiger partial charge in [0.15, 0.2) is 11.7 Å². The Morgan fingerprint density at radius 2 is 1.83 bits per heavy atom. The first-order chi connectivity index (χ1) is 14.0. The van der Waals surface area contributed by atoms with E-state index in [0.717, 1.165) is 23.2 Å². The molecule has 0 aliphatic heterocycles. The van der Waals surface area contributed by atoms with Crippen LogP contribution in [0.15, 0.2) is 60.0 Å². The second-order valence-corrected chi connectivity index (χ2v) is 7.67. The molecule has 0 saturated heterocycles. The first kappa shape index (κ1) is 20.7. The summed E-state index contributed by atoms with van der Waals surface area (Å²) in [6, 6.07) is 17.9. The lowest BCUT2D eigenvalue weighted by atomic mass is 9.98. The van der Waals surface area contributed by atoms with Gasteiger partial charge in [0.2, 0.25) is 0 Å². The third kappa shape index (κ3) is 5.99. The molecule has 0 fully saturated rings. The number of aromatic nitrogens is 1. The standard InChI is InChI=1S/C23H24N2O3S/c1-3-17-9-11-19(12-10-17)20-15-29-23(24-20)25-21(26)14-28-22(27)13-16(2)18-7-5-4-6-8-18/h4-12,15-16H,3,13-14H2,1-2H3,(H,24,25,26). The molecule has 1 unspecified atom stereocenters. The maximum atomic E-state index is 12.1. The number of carbonyl (C=O) groups is 2. The summed E-state index contributed by atoms with van der Waals surface area (Å²) < 4.78 is 5.11. The predicted octanol–water partition coefficient (Wildman–Crippen LogP) is 5.05. The first-order valence-electron chi connectivity index (χ1n) is 9.60. The van der Waals surface area contributed by atoms with Crippen LogP contribution in [0.2, 0.25) is 0 Å². The zero-order chi connectivity index (χ0) is 20.6. The van der Waals surface area contributed by atoms with Crippen molar-refractivity contribution in [2.75, 3.05) is 11.9 Å². The zero-order valence-corrected chi connectivity index (χ0v) is 17.4. The van der Waals surface area contributed by atoms with E-state index in [1.165, 1.54) is 16.9 Å². The molecule has 29 heavy (non-hydrogen) atoms. The van der Waals surface area contributed by atoms with Gasteiger partial charge in [0.1, 0.15) is 0 Å². The van der Waals surface area contributed by atoms with Crippen molar-refractivity contribution in [3.8, 4) is 11.3 Å². The lowest BCUT2D eigenvalue weighted by Crippen LogP contribution is -2.21. The normalized spacial score (nSPS) is 11.7. The molecule has 1 heterocycles. The molecule has 150 valence electrons. The summed E-state index contributed by atoms with van der Waals surface area (Å²) in [5.74, 6) is -0.757. The van der Waals surface area contributed by atoms with E-state index in [1.807, 2.05) is 54.8 Å². The smallest absolute Gasteiger partial charge is 0.306 e. The van der Waals surface area contributed by atoms with Crippen LogP contribution in [0, 0.1) is 0 Å². The maximum Gasteiger partial charge on any atom is 0.306 e. The number of rotatable bonds is 8. The number of hydrogen-bond acceptors (Lipinski definition) is 5. The monoisotopic (exact) mass is 408 g/mol. The SMILES string of the molecule is CCc1ccc(-c2csc(NC(=O)COC(=O)CC(C)c3ccccc3)n2)cc1. The summed E-state index contributed by atoms with van der Waals surface area (Å²) >= 11 is 1.34. The van der Waals surface area contributed by atoms with Crippen LogP contribution < -0.4 is 5.32 Å². The van der Waals surface area contributed by atoms with E-state index < -0.39 is 11.9 Å². The Bertz CT molecular complexity index is 952. The molecule has 6 heteroatoms. The number of aryl methyl sites for hydroxylation is 1. The summed E-state index contributed by atoms with van der Waals surface area (Å²) in [4.78, 5) is 28.5. The Kier molecular flexibility index (Phi) is 7.14. The molecule has 5 nitrogen and oxygen atoms in total. The minimum absolute atomic E-state index is 0.0346. The highest BCUT2D eigenvalue weighted by atomic mass is 32.1. The van der Waals surface area contributed by atoms with Gasteiger partial charge in [-0.15, -0.1) is 11.3 Å². The van der Waals surface area contributed by atoms with Crippen molar-refractivity contribution in [1.29, 1.82) is 0 Å². The van der Waals surface area contributed by atoms with Crippen LogP contribution in [0.3, 0.4) is 0 Å². The molecular formula is C23H24N2O3S. The average molecular weight is 409 g/mol. The van der Waals surface area contributed by atoms with E-state index in [-0.39, 0.29) is 18.9 Å². The van der Waals surface area contributed by atoms with Gasteiger partial charge in [-0.05, 0) is 23.5 Å². The van der Waals surface area contributed by atoms with E-state index in [0.29, 0.717) is 5.13 Å². The highest BCUT2D eigenvalue weighted by molar-refractivity contribution is 7.14. The summed E-state index contributed by atoms with van der Waals surface area (Å²) in [5, 5.41) is 5.06. The molecule has 1 aromatic heterocycles. The number of carbonyl (C=O) groups excluding carboxylic acids is 2. The van der Waals surface area contributed by atoms with Gasteiger partial charge in [-0.25, -0.2) is 4.98 Å². The lowest BCUT2D eigenvalue weighted by Gasteiger charge is -2.11. The van der Waals surface area contributed by atoms with Crippen molar-refractivity contribution >= 4 is 28.3 Å². The number of esters is 1.